The molecule has 0 radical (unpaired) electrons. The molecule has 0 bridgehead atoms. The second kappa shape index (κ2) is 8.39. The predicted molar refractivity (Wildman–Crippen MR) is 99.7 cm³/mol. The minimum atomic E-state index is -3.51. The molecular weight excluding hydrogens is 368 g/mol. The van der Waals surface area contributed by atoms with Crippen molar-refractivity contribution in [2.24, 2.45) is 0 Å². The van der Waals surface area contributed by atoms with Gasteiger partial charge in [0.1, 0.15) is 0 Å². The number of sulfonamides is 1. The lowest BCUT2D eigenvalue weighted by Crippen LogP contribution is -2.40. The summed E-state index contributed by atoms with van der Waals surface area (Å²) in [4.78, 5) is 24.5. The summed E-state index contributed by atoms with van der Waals surface area (Å²) in [5.41, 5.74) is 0.218. The summed E-state index contributed by atoms with van der Waals surface area (Å²) in [6, 6.07) is 5.83. The summed E-state index contributed by atoms with van der Waals surface area (Å²) in [5.74, 6) is -0.947. The molecule has 8 heteroatoms. The Morgan fingerprint density at radius 3 is 2.26 bits per heavy atom. The van der Waals surface area contributed by atoms with Gasteiger partial charge in [-0.3, -0.25) is 4.79 Å². The number of amides is 1. The highest BCUT2D eigenvalue weighted by Crippen LogP contribution is 2.21. The molecule has 1 aliphatic heterocycles. The van der Waals surface area contributed by atoms with Gasteiger partial charge in [0.05, 0.1) is 10.5 Å². The van der Waals surface area contributed by atoms with E-state index < -0.39 is 22.1 Å². The maximum atomic E-state index is 12.5. The molecule has 7 nitrogen and oxygen atoms in total. The lowest BCUT2D eigenvalue weighted by molar-refractivity contribution is -0.129. The zero-order valence-corrected chi connectivity index (χ0v) is 16.3. The van der Waals surface area contributed by atoms with Crippen molar-refractivity contribution in [2.75, 3.05) is 13.1 Å². The molecular formula is C19H26N2O5S. The summed E-state index contributed by atoms with van der Waals surface area (Å²) in [6.07, 6.45) is 4.96. The number of nitrogens with one attached hydrogen (secondary N) is 1. The zero-order chi connectivity index (χ0) is 19.4. The largest absolute Gasteiger partial charge is 0.449 e. The lowest BCUT2D eigenvalue weighted by Gasteiger charge is -2.17. The van der Waals surface area contributed by atoms with Crippen LogP contribution in [0.3, 0.4) is 0 Å². The SMILES string of the molecule is C[C@@H](OC(=O)c1ccc(S(=O)(=O)N2CCCC2)cc1)C(=O)NC1CCCC1. The Morgan fingerprint density at radius 1 is 1.07 bits per heavy atom. The van der Waals surface area contributed by atoms with Gasteiger partial charge in [0, 0.05) is 19.1 Å². The zero-order valence-electron chi connectivity index (χ0n) is 15.5. The summed E-state index contributed by atoms with van der Waals surface area (Å²) >= 11 is 0. The van der Waals surface area contributed by atoms with Crippen LogP contribution in [0.5, 0.6) is 0 Å². The lowest BCUT2D eigenvalue weighted by atomic mass is 10.2. The number of carbonyl (C=O) groups is 2. The molecule has 1 N–H and O–H groups in total. The van der Waals surface area contributed by atoms with E-state index in [2.05, 4.69) is 5.32 Å². The number of rotatable bonds is 6. The average molecular weight is 394 g/mol. The third kappa shape index (κ3) is 4.68. The molecule has 1 aromatic rings. The maximum absolute atomic E-state index is 12.5. The van der Waals surface area contributed by atoms with Crippen LogP contribution in [0.4, 0.5) is 0 Å². The van der Waals surface area contributed by atoms with Gasteiger partial charge < -0.3 is 10.1 Å². The van der Waals surface area contributed by atoms with E-state index in [-0.39, 0.29) is 22.4 Å². The van der Waals surface area contributed by atoms with Crippen LogP contribution in [0.2, 0.25) is 0 Å². The first kappa shape index (κ1) is 19.8. The second-order valence-corrected chi connectivity index (χ2v) is 9.11. The van der Waals surface area contributed by atoms with Crippen molar-refractivity contribution in [3.05, 3.63) is 29.8 Å². The highest BCUT2D eigenvalue weighted by molar-refractivity contribution is 7.89. The van der Waals surface area contributed by atoms with Crippen LogP contribution in [0.15, 0.2) is 29.2 Å². The van der Waals surface area contributed by atoms with Crippen LogP contribution in [0.1, 0.15) is 55.8 Å². The number of benzene rings is 1. The third-order valence-corrected chi connectivity index (χ3v) is 7.06. The predicted octanol–water partition coefficient (Wildman–Crippen LogP) is 2.08. The summed E-state index contributed by atoms with van der Waals surface area (Å²) in [6.45, 7) is 2.59. The third-order valence-electron chi connectivity index (χ3n) is 5.15. The van der Waals surface area contributed by atoms with E-state index in [4.69, 9.17) is 4.74 Å². The van der Waals surface area contributed by atoms with Gasteiger partial charge in [-0.15, -0.1) is 0 Å². The molecule has 1 heterocycles. The van der Waals surface area contributed by atoms with Gasteiger partial charge in [0.15, 0.2) is 6.10 Å². The first-order valence-electron chi connectivity index (χ1n) is 9.49. The normalized spacial score (nSPS) is 19.7. The van der Waals surface area contributed by atoms with E-state index in [9.17, 15) is 18.0 Å². The molecule has 0 aromatic heterocycles. The van der Waals surface area contributed by atoms with Crippen LogP contribution in [-0.2, 0) is 19.6 Å². The Bertz CT molecular complexity index is 779. The molecule has 1 atom stereocenters. The molecule has 27 heavy (non-hydrogen) atoms. The summed E-state index contributed by atoms with van der Waals surface area (Å²) in [7, 11) is -3.51. The van der Waals surface area contributed by atoms with Crippen molar-refractivity contribution in [3.63, 3.8) is 0 Å². The molecule has 1 saturated heterocycles. The number of carbonyl (C=O) groups excluding carboxylic acids is 2. The van der Waals surface area contributed by atoms with E-state index in [0.29, 0.717) is 13.1 Å². The minimum Gasteiger partial charge on any atom is -0.449 e. The quantitative estimate of drug-likeness (QED) is 0.746. The molecule has 0 spiro atoms. The Balaban J connectivity index is 1.59. The van der Waals surface area contributed by atoms with E-state index in [0.717, 1.165) is 38.5 Å². The van der Waals surface area contributed by atoms with Crippen LogP contribution in [0, 0.1) is 0 Å². The maximum Gasteiger partial charge on any atom is 0.338 e. The van der Waals surface area contributed by atoms with E-state index >= 15 is 0 Å². The average Bonchev–Trinajstić information content (AvgIpc) is 3.35. The van der Waals surface area contributed by atoms with E-state index in [1.807, 2.05) is 0 Å². The fourth-order valence-corrected chi connectivity index (χ4v) is 5.03. The number of hydrogen-bond acceptors (Lipinski definition) is 5. The Labute approximate surface area is 160 Å². The van der Waals surface area contributed by atoms with Gasteiger partial charge in [-0.05, 0) is 56.9 Å². The van der Waals surface area contributed by atoms with Crippen molar-refractivity contribution < 1.29 is 22.7 Å². The van der Waals surface area contributed by atoms with Gasteiger partial charge in [-0.25, -0.2) is 13.2 Å². The number of esters is 1. The molecule has 3 rings (SSSR count). The molecule has 0 unspecified atom stereocenters. The van der Waals surface area contributed by atoms with E-state index in [1.54, 1.807) is 0 Å². The Hall–Kier alpha value is -1.93. The smallest absolute Gasteiger partial charge is 0.338 e. The number of ether oxygens (including phenoxy) is 1. The first-order chi connectivity index (χ1) is 12.9. The summed E-state index contributed by atoms with van der Waals surface area (Å²) < 4.78 is 31.7. The van der Waals surface area contributed by atoms with Crippen LogP contribution in [0.25, 0.3) is 0 Å². The number of hydrogen-bond donors (Lipinski definition) is 1. The number of nitrogens with zero attached hydrogens (tertiary/aromatic N) is 1. The van der Waals surface area contributed by atoms with Crippen LogP contribution < -0.4 is 5.32 Å². The Kier molecular flexibility index (Phi) is 6.16. The molecule has 1 aromatic carbocycles. The van der Waals surface area contributed by atoms with Crippen molar-refractivity contribution in [1.29, 1.82) is 0 Å². The van der Waals surface area contributed by atoms with Crippen LogP contribution >= 0.6 is 0 Å². The van der Waals surface area contributed by atoms with Gasteiger partial charge in [-0.1, -0.05) is 12.8 Å². The highest BCUT2D eigenvalue weighted by atomic mass is 32.2. The van der Waals surface area contributed by atoms with Crippen LogP contribution in [-0.4, -0.2) is 49.8 Å². The van der Waals surface area contributed by atoms with Crippen molar-refractivity contribution in [3.8, 4) is 0 Å². The van der Waals surface area contributed by atoms with Gasteiger partial charge >= 0.3 is 5.97 Å². The van der Waals surface area contributed by atoms with Gasteiger partial charge in [0.25, 0.3) is 5.91 Å². The molecule has 148 valence electrons. The monoisotopic (exact) mass is 394 g/mol. The molecule has 1 amide bonds. The second-order valence-electron chi connectivity index (χ2n) is 7.17. The molecule has 1 saturated carbocycles. The topological polar surface area (TPSA) is 92.8 Å². The summed E-state index contributed by atoms with van der Waals surface area (Å²) in [5, 5.41) is 2.89. The van der Waals surface area contributed by atoms with Crippen molar-refractivity contribution in [1.82, 2.24) is 9.62 Å². The standard InChI is InChI=1S/C19H26N2O5S/c1-14(18(22)20-16-6-2-3-7-16)26-19(23)15-8-10-17(11-9-15)27(24,25)21-12-4-5-13-21/h8-11,14,16H,2-7,12-13H2,1H3,(H,20,22)/t14-/m1/s1. The van der Waals surface area contributed by atoms with Crippen molar-refractivity contribution >= 4 is 21.9 Å². The van der Waals surface area contributed by atoms with E-state index in [1.165, 1.54) is 35.5 Å². The van der Waals surface area contributed by atoms with Crippen molar-refractivity contribution in [2.45, 2.75) is 62.5 Å². The molecule has 2 aliphatic rings. The highest BCUT2D eigenvalue weighted by Gasteiger charge is 2.28. The minimum absolute atomic E-state index is 0.160. The fraction of sp³-hybridized carbons (Fsp3) is 0.579. The molecule has 1 aliphatic carbocycles. The Morgan fingerprint density at radius 2 is 1.67 bits per heavy atom. The first-order valence-corrected chi connectivity index (χ1v) is 10.9. The van der Waals surface area contributed by atoms with Gasteiger partial charge in [0.2, 0.25) is 10.0 Å². The molecule has 2 fully saturated rings. The fourth-order valence-electron chi connectivity index (χ4n) is 3.51. The van der Waals surface area contributed by atoms with Gasteiger partial charge in [-0.2, -0.15) is 4.31 Å².